The van der Waals surface area contributed by atoms with E-state index in [-0.39, 0.29) is 11.4 Å². The quantitative estimate of drug-likeness (QED) is 0.841. The fourth-order valence-electron chi connectivity index (χ4n) is 2.58. The molecule has 23 heavy (non-hydrogen) atoms. The number of phenols is 1. The summed E-state index contributed by atoms with van der Waals surface area (Å²) in [6, 6.07) is 8.73. The maximum atomic E-state index is 13.6. The molecule has 0 spiro atoms. The summed E-state index contributed by atoms with van der Waals surface area (Å²) in [7, 11) is 3.63. The minimum absolute atomic E-state index is 0.238. The Labute approximate surface area is 137 Å². The minimum Gasteiger partial charge on any atom is -0.508 e. The number of rotatable bonds is 1. The molecule has 1 heterocycles. The summed E-state index contributed by atoms with van der Waals surface area (Å²) < 4.78 is 13.6. The molecule has 2 N–H and O–H groups in total. The molecule has 0 amide bonds. The van der Waals surface area contributed by atoms with Crippen molar-refractivity contribution in [2.45, 2.75) is 6.35 Å². The lowest BCUT2D eigenvalue weighted by Crippen LogP contribution is -2.39. The Morgan fingerprint density at radius 1 is 1.22 bits per heavy atom. The number of aliphatic hydroxyl groups is 1. The van der Waals surface area contributed by atoms with Crippen LogP contribution in [0.5, 0.6) is 5.75 Å². The summed E-state index contributed by atoms with van der Waals surface area (Å²) in [5.41, 5.74) is 1.60. The molecule has 0 fully saturated rings. The molecule has 1 atom stereocenters. The van der Waals surface area contributed by atoms with Gasteiger partial charge in [0, 0.05) is 36.8 Å². The molecule has 0 aliphatic carbocycles. The number of fused-ring (bicyclic) bond motifs is 1. The number of hydrogen-bond donors (Lipinski definition) is 2. The zero-order chi connectivity index (χ0) is 16.7. The van der Waals surface area contributed by atoms with Crippen molar-refractivity contribution >= 4 is 28.8 Å². The highest BCUT2D eigenvalue weighted by Gasteiger charge is 2.29. The molecule has 2 aromatic rings. The van der Waals surface area contributed by atoms with Crippen LogP contribution in [0.2, 0.25) is 5.02 Å². The number of aliphatic imine (C=N–C) groups is 1. The maximum Gasteiger partial charge on any atom is 0.231 e. The number of aliphatic hydroxyl groups excluding tert-OH is 1. The van der Waals surface area contributed by atoms with Gasteiger partial charge in [-0.25, -0.2) is 9.38 Å². The number of phenolic OH excluding ortho intramolecular Hbond substituents is 1. The van der Waals surface area contributed by atoms with Crippen molar-refractivity contribution in [2.24, 2.45) is 4.99 Å². The van der Waals surface area contributed by atoms with Gasteiger partial charge >= 0.3 is 0 Å². The third-order valence-corrected chi connectivity index (χ3v) is 3.73. The second-order valence-electron chi connectivity index (χ2n) is 5.39. The fraction of sp³-hybridized carbons (Fsp3) is 0.188. The van der Waals surface area contributed by atoms with Crippen LogP contribution in [0.25, 0.3) is 0 Å². The summed E-state index contributed by atoms with van der Waals surface area (Å²) >= 11 is 6.08. The van der Waals surface area contributed by atoms with Crippen molar-refractivity contribution < 1.29 is 14.6 Å². The summed E-state index contributed by atoms with van der Waals surface area (Å²) in [5.74, 6) is -0.266. The first-order valence-electron chi connectivity index (χ1n) is 6.89. The van der Waals surface area contributed by atoms with E-state index >= 15 is 0 Å². The summed E-state index contributed by atoms with van der Waals surface area (Å²) in [6.45, 7) is 0. The number of halogens is 2. The first-order valence-corrected chi connectivity index (χ1v) is 7.26. The molecule has 0 aromatic heterocycles. The van der Waals surface area contributed by atoms with E-state index in [1.165, 1.54) is 17.0 Å². The van der Waals surface area contributed by atoms with E-state index in [9.17, 15) is 14.6 Å². The van der Waals surface area contributed by atoms with Crippen LogP contribution in [0.1, 0.15) is 5.56 Å². The number of anilines is 2. The second-order valence-corrected chi connectivity index (χ2v) is 5.83. The van der Waals surface area contributed by atoms with Crippen LogP contribution in [-0.2, 0) is 0 Å². The summed E-state index contributed by atoms with van der Waals surface area (Å²) in [6.07, 6.45) is -1.26. The number of benzene rings is 2. The van der Waals surface area contributed by atoms with E-state index < -0.39 is 12.2 Å². The normalized spacial score (nSPS) is 16.8. The van der Waals surface area contributed by atoms with E-state index in [0.717, 1.165) is 11.6 Å². The number of amidine groups is 1. The van der Waals surface area contributed by atoms with Crippen LogP contribution in [0, 0.1) is 5.82 Å². The Hall–Kier alpha value is -2.31. The van der Waals surface area contributed by atoms with Crippen molar-refractivity contribution in [2.75, 3.05) is 19.0 Å². The third kappa shape index (κ3) is 2.83. The Kier molecular flexibility index (Phi) is 3.87. The molecule has 7 heteroatoms. The Bertz CT molecular complexity index is 775. The molecule has 2 aromatic carbocycles. The van der Waals surface area contributed by atoms with Gasteiger partial charge in [-0.3, -0.25) is 4.90 Å². The molecule has 5 nitrogen and oxygen atoms in total. The number of aromatic hydroxyl groups is 1. The Morgan fingerprint density at radius 3 is 2.61 bits per heavy atom. The number of hydrogen-bond acceptors (Lipinski definition) is 5. The van der Waals surface area contributed by atoms with Crippen molar-refractivity contribution in [3.8, 4) is 5.75 Å². The van der Waals surface area contributed by atoms with Crippen molar-refractivity contribution in [3.63, 3.8) is 0 Å². The molecular weight excluding hydrogens is 321 g/mol. The standard InChI is InChI=1S/C16H15ClFN3O2/c1-20(2)15-13-4-3-9(17)5-14(13)21(16(23)19-15)11-6-10(18)7-12(22)8-11/h3-8,16,22-23H,1-2H3. The van der Waals surface area contributed by atoms with Crippen molar-refractivity contribution in [1.82, 2.24) is 4.90 Å². The monoisotopic (exact) mass is 335 g/mol. The van der Waals surface area contributed by atoms with Gasteiger partial charge in [0.25, 0.3) is 0 Å². The third-order valence-electron chi connectivity index (χ3n) is 3.50. The minimum atomic E-state index is -1.26. The first-order chi connectivity index (χ1) is 10.9. The highest BCUT2D eigenvalue weighted by Crippen LogP contribution is 2.38. The topological polar surface area (TPSA) is 59.3 Å². The van der Waals surface area contributed by atoms with Gasteiger partial charge in [0.1, 0.15) is 17.4 Å². The average molecular weight is 336 g/mol. The molecule has 1 aliphatic rings. The van der Waals surface area contributed by atoms with Crippen LogP contribution in [0.4, 0.5) is 15.8 Å². The van der Waals surface area contributed by atoms with Gasteiger partial charge in [0.05, 0.1) is 11.4 Å². The molecular formula is C16H15ClFN3O2. The van der Waals surface area contributed by atoms with Crippen LogP contribution < -0.4 is 4.90 Å². The van der Waals surface area contributed by atoms with Crippen molar-refractivity contribution in [1.29, 1.82) is 0 Å². The van der Waals surface area contributed by atoms with Gasteiger partial charge in [0.2, 0.25) is 6.35 Å². The van der Waals surface area contributed by atoms with E-state index in [2.05, 4.69) is 4.99 Å². The van der Waals surface area contributed by atoms with Gasteiger partial charge < -0.3 is 15.1 Å². The fourth-order valence-corrected chi connectivity index (χ4v) is 2.75. The molecule has 0 saturated carbocycles. The van der Waals surface area contributed by atoms with E-state index in [4.69, 9.17) is 11.6 Å². The zero-order valence-corrected chi connectivity index (χ0v) is 13.3. The molecule has 120 valence electrons. The Balaban J connectivity index is 2.21. The van der Waals surface area contributed by atoms with Crippen LogP contribution in [0.3, 0.4) is 0 Å². The highest BCUT2D eigenvalue weighted by molar-refractivity contribution is 6.31. The van der Waals surface area contributed by atoms with Gasteiger partial charge in [0.15, 0.2) is 0 Å². The smallest absolute Gasteiger partial charge is 0.231 e. The van der Waals surface area contributed by atoms with E-state index in [0.29, 0.717) is 16.5 Å². The van der Waals surface area contributed by atoms with Gasteiger partial charge in [-0.2, -0.15) is 0 Å². The van der Waals surface area contributed by atoms with Crippen LogP contribution >= 0.6 is 11.6 Å². The molecule has 0 radical (unpaired) electrons. The first kappa shape index (κ1) is 15.6. The molecule has 0 bridgehead atoms. The molecule has 0 saturated heterocycles. The lowest BCUT2D eigenvalue weighted by atomic mass is 10.1. The summed E-state index contributed by atoms with van der Waals surface area (Å²) in [5, 5.41) is 20.5. The maximum absolute atomic E-state index is 13.6. The largest absolute Gasteiger partial charge is 0.508 e. The Morgan fingerprint density at radius 2 is 1.96 bits per heavy atom. The predicted molar refractivity (Wildman–Crippen MR) is 87.9 cm³/mol. The molecule has 3 rings (SSSR count). The van der Waals surface area contributed by atoms with E-state index in [1.54, 1.807) is 23.1 Å². The van der Waals surface area contributed by atoms with Crippen LogP contribution in [-0.4, -0.2) is 41.4 Å². The van der Waals surface area contributed by atoms with E-state index in [1.807, 2.05) is 14.1 Å². The molecule has 1 unspecified atom stereocenters. The zero-order valence-electron chi connectivity index (χ0n) is 12.5. The van der Waals surface area contributed by atoms with Crippen LogP contribution in [0.15, 0.2) is 41.4 Å². The van der Waals surface area contributed by atoms with Gasteiger partial charge in [-0.1, -0.05) is 11.6 Å². The van der Waals surface area contributed by atoms with Gasteiger partial charge in [-0.15, -0.1) is 0 Å². The molecule has 1 aliphatic heterocycles. The average Bonchev–Trinajstić information content (AvgIpc) is 2.44. The SMILES string of the molecule is CN(C)C1=NC(O)N(c2cc(O)cc(F)c2)c2cc(Cl)ccc21. The lowest BCUT2D eigenvalue weighted by Gasteiger charge is -2.35. The second kappa shape index (κ2) is 5.72. The predicted octanol–water partition coefficient (Wildman–Crippen LogP) is 2.92. The lowest BCUT2D eigenvalue weighted by molar-refractivity contribution is 0.188. The number of nitrogens with zero attached hydrogens (tertiary/aromatic N) is 3. The van der Waals surface area contributed by atoms with Crippen molar-refractivity contribution in [3.05, 3.63) is 52.8 Å². The summed E-state index contributed by atoms with van der Waals surface area (Å²) in [4.78, 5) is 7.43. The highest BCUT2D eigenvalue weighted by atomic mass is 35.5. The van der Waals surface area contributed by atoms with Gasteiger partial charge in [-0.05, 0) is 24.3 Å².